The highest BCUT2D eigenvalue weighted by molar-refractivity contribution is 6.09. The summed E-state index contributed by atoms with van der Waals surface area (Å²) < 4.78 is 6.45. The van der Waals surface area contributed by atoms with Crippen molar-refractivity contribution in [3.8, 4) is 33.4 Å². The van der Waals surface area contributed by atoms with E-state index in [0.717, 1.165) is 38.8 Å². The van der Waals surface area contributed by atoms with Gasteiger partial charge in [0.15, 0.2) is 0 Å². The van der Waals surface area contributed by atoms with Crippen LogP contribution in [0.1, 0.15) is 51.3 Å². The van der Waals surface area contributed by atoms with Gasteiger partial charge in [-0.05, 0) is 86.3 Å². The number of para-hydroxylation sites is 2. The van der Waals surface area contributed by atoms with Gasteiger partial charge in [-0.2, -0.15) is 0 Å². The van der Waals surface area contributed by atoms with E-state index in [-0.39, 0.29) is 10.8 Å². The van der Waals surface area contributed by atoms with E-state index >= 15 is 0 Å². The van der Waals surface area contributed by atoms with Gasteiger partial charge in [0.2, 0.25) is 0 Å². The molecular formula is C49H41NO. The van der Waals surface area contributed by atoms with Gasteiger partial charge in [-0.25, -0.2) is 0 Å². The second-order valence-electron chi connectivity index (χ2n) is 15.4. The van der Waals surface area contributed by atoms with Crippen LogP contribution in [0, 0.1) is 0 Å². The first-order valence-corrected chi connectivity index (χ1v) is 17.9. The van der Waals surface area contributed by atoms with Crippen LogP contribution in [-0.2, 0) is 10.8 Å². The first kappa shape index (κ1) is 31.1. The van der Waals surface area contributed by atoms with E-state index < -0.39 is 0 Å². The third-order valence-electron chi connectivity index (χ3n) is 10.8. The molecule has 51 heavy (non-hydrogen) atoms. The molecule has 7 aromatic carbocycles. The summed E-state index contributed by atoms with van der Waals surface area (Å²) in [4.78, 5) is 2.51. The summed E-state index contributed by atoms with van der Waals surface area (Å²) in [5.41, 5.74) is 16.4. The van der Waals surface area contributed by atoms with Crippen molar-refractivity contribution in [3.63, 3.8) is 0 Å². The van der Waals surface area contributed by atoms with Gasteiger partial charge in [0, 0.05) is 33.1 Å². The molecule has 9 rings (SSSR count). The highest BCUT2D eigenvalue weighted by atomic mass is 16.3. The lowest BCUT2D eigenvalue weighted by molar-refractivity contribution is 0.591. The zero-order valence-corrected chi connectivity index (χ0v) is 29.9. The zero-order chi connectivity index (χ0) is 34.9. The quantitative estimate of drug-likeness (QED) is 0.183. The van der Waals surface area contributed by atoms with E-state index in [1.807, 2.05) is 12.1 Å². The number of furan rings is 1. The van der Waals surface area contributed by atoms with Crippen LogP contribution >= 0.6 is 0 Å². The number of benzene rings is 7. The number of rotatable bonds is 5. The predicted octanol–water partition coefficient (Wildman–Crippen LogP) is 14.0. The summed E-state index contributed by atoms with van der Waals surface area (Å²) in [5, 5.41) is 2.29. The van der Waals surface area contributed by atoms with Gasteiger partial charge in [-0.1, -0.05) is 156 Å². The van der Waals surface area contributed by atoms with Gasteiger partial charge >= 0.3 is 0 Å². The van der Waals surface area contributed by atoms with Crippen molar-refractivity contribution in [2.24, 2.45) is 0 Å². The van der Waals surface area contributed by atoms with Crippen molar-refractivity contribution in [1.82, 2.24) is 0 Å². The van der Waals surface area contributed by atoms with Crippen molar-refractivity contribution in [2.75, 3.05) is 4.90 Å². The Morgan fingerprint density at radius 3 is 1.96 bits per heavy atom. The maximum absolute atomic E-state index is 6.45. The van der Waals surface area contributed by atoms with Crippen molar-refractivity contribution >= 4 is 39.0 Å². The first-order chi connectivity index (χ1) is 24.7. The van der Waals surface area contributed by atoms with Crippen LogP contribution in [-0.4, -0.2) is 0 Å². The molecule has 0 unspecified atom stereocenters. The fourth-order valence-electron chi connectivity index (χ4n) is 8.32. The van der Waals surface area contributed by atoms with E-state index in [9.17, 15) is 0 Å². The standard InChI is InChI=1S/C49H41NO/c1-48(2,3)42-31-34(32-15-7-6-8-16-32)27-30-43(42)50(44-23-14-20-39-37-17-9-11-22-41(37)49(4,5)46(39)44)35-28-25-33(26-29-35)36-19-13-21-40-38-18-10-12-24-45(38)51-47(36)40/h6-31H,1-5H3. The molecule has 0 spiro atoms. The molecule has 1 aliphatic rings. The lowest BCUT2D eigenvalue weighted by atomic mass is 9.80. The summed E-state index contributed by atoms with van der Waals surface area (Å²) in [6.45, 7) is 11.7. The number of anilines is 3. The number of fused-ring (bicyclic) bond motifs is 6. The molecule has 0 amide bonds. The van der Waals surface area contributed by atoms with Crippen LogP contribution in [0.3, 0.4) is 0 Å². The molecule has 0 atom stereocenters. The minimum absolute atomic E-state index is 0.119. The minimum Gasteiger partial charge on any atom is -0.455 e. The van der Waals surface area contributed by atoms with Gasteiger partial charge < -0.3 is 9.32 Å². The maximum atomic E-state index is 6.45. The molecule has 0 N–H and O–H groups in total. The molecule has 248 valence electrons. The van der Waals surface area contributed by atoms with Crippen LogP contribution < -0.4 is 4.90 Å². The monoisotopic (exact) mass is 659 g/mol. The Kier molecular flexibility index (Phi) is 7.09. The first-order valence-electron chi connectivity index (χ1n) is 17.9. The molecule has 1 aromatic heterocycles. The highest BCUT2D eigenvalue weighted by Gasteiger charge is 2.39. The second-order valence-corrected chi connectivity index (χ2v) is 15.4. The van der Waals surface area contributed by atoms with Crippen LogP contribution in [0.5, 0.6) is 0 Å². The molecule has 0 saturated carbocycles. The maximum Gasteiger partial charge on any atom is 0.143 e. The average Bonchev–Trinajstić information content (AvgIpc) is 3.65. The fourth-order valence-corrected chi connectivity index (χ4v) is 8.32. The molecule has 1 aliphatic carbocycles. The number of nitrogens with zero attached hydrogens (tertiary/aromatic N) is 1. The van der Waals surface area contributed by atoms with Gasteiger partial charge in [-0.3, -0.25) is 0 Å². The SMILES string of the molecule is CC(C)(C)c1cc(-c2ccccc2)ccc1N(c1ccc(-c2cccc3c2oc2ccccc23)cc1)c1cccc2c1C(C)(C)c1ccccc1-2. The van der Waals surface area contributed by atoms with E-state index in [1.54, 1.807) is 0 Å². The van der Waals surface area contributed by atoms with E-state index in [1.165, 1.54) is 50.3 Å². The number of hydrogen-bond acceptors (Lipinski definition) is 2. The minimum atomic E-state index is -0.177. The van der Waals surface area contributed by atoms with E-state index in [0.29, 0.717) is 0 Å². The summed E-state index contributed by atoms with van der Waals surface area (Å²) in [7, 11) is 0. The lowest BCUT2D eigenvalue weighted by Gasteiger charge is -2.36. The molecule has 0 saturated heterocycles. The molecular weight excluding hydrogens is 619 g/mol. The molecule has 2 nitrogen and oxygen atoms in total. The summed E-state index contributed by atoms with van der Waals surface area (Å²) in [6.07, 6.45) is 0. The van der Waals surface area contributed by atoms with Crippen LogP contribution in [0.4, 0.5) is 17.1 Å². The molecule has 0 bridgehead atoms. The Morgan fingerprint density at radius 1 is 0.510 bits per heavy atom. The Labute approximate surface area is 300 Å². The summed E-state index contributed by atoms with van der Waals surface area (Å²) >= 11 is 0. The third-order valence-corrected chi connectivity index (χ3v) is 10.8. The molecule has 0 aliphatic heterocycles. The normalized spacial score (nSPS) is 13.4. The zero-order valence-electron chi connectivity index (χ0n) is 29.9. The van der Waals surface area contributed by atoms with E-state index in [2.05, 4.69) is 185 Å². The third kappa shape index (κ3) is 5.01. The molecule has 8 aromatic rings. The topological polar surface area (TPSA) is 16.4 Å². The molecule has 2 heteroatoms. The van der Waals surface area contributed by atoms with Gasteiger partial charge in [0.25, 0.3) is 0 Å². The fraction of sp³-hybridized carbons (Fsp3) is 0.143. The molecule has 0 fully saturated rings. The Hall–Kier alpha value is -5.86. The van der Waals surface area contributed by atoms with E-state index in [4.69, 9.17) is 4.42 Å². The van der Waals surface area contributed by atoms with Gasteiger partial charge in [0.1, 0.15) is 11.2 Å². The molecule has 1 heterocycles. The van der Waals surface area contributed by atoms with Crippen LogP contribution in [0.15, 0.2) is 162 Å². The lowest BCUT2D eigenvalue weighted by Crippen LogP contribution is -2.23. The van der Waals surface area contributed by atoms with Crippen molar-refractivity contribution in [3.05, 3.63) is 174 Å². The number of hydrogen-bond donors (Lipinski definition) is 0. The van der Waals surface area contributed by atoms with Crippen molar-refractivity contribution in [2.45, 2.75) is 45.4 Å². The van der Waals surface area contributed by atoms with Crippen molar-refractivity contribution in [1.29, 1.82) is 0 Å². The van der Waals surface area contributed by atoms with Crippen LogP contribution in [0.25, 0.3) is 55.3 Å². The molecule has 0 radical (unpaired) electrons. The smallest absolute Gasteiger partial charge is 0.143 e. The van der Waals surface area contributed by atoms with Crippen LogP contribution in [0.2, 0.25) is 0 Å². The Bertz CT molecular complexity index is 2580. The Morgan fingerprint density at radius 2 is 1.16 bits per heavy atom. The largest absolute Gasteiger partial charge is 0.455 e. The highest BCUT2D eigenvalue weighted by Crippen LogP contribution is 2.55. The van der Waals surface area contributed by atoms with Gasteiger partial charge in [0.05, 0.1) is 5.69 Å². The predicted molar refractivity (Wildman–Crippen MR) is 216 cm³/mol. The summed E-state index contributed by atoms with van der Waals surface area (Å²) in [6, 6.07) is 57.3. The average molecular weight is 660 g/mol. The Balaban J connectivity index is 1.26. The second kappa shape index (κ2) is 11.6. The summed E-state index contributed by atoms with van der Waals surface area (Å²) in [5.74, 6) is 0. The van der Waals surface area contributed by atoms with Crippen molar-refractivity contribution < 1.29 is 4.42 Å². The van der Waals surface area contributed by atoms with Gasteiger partial charge in [-0.15, -0.1) is 0 Å².